The molecule has 1 aliphatic rings. The second-order valence-corrected chi connectivity index (χ2v) is 5.69. The number of benzene rings is 1. The Morgan fingerprint density at radius 3 is 2.84 bits per heavy atom. The molecule has 3 nitrogen and oxygen atoms in total. The molecule has 1 aromatic rings. The van der Waals surface area contributed by atoms with Gasteiger partial charge >= 0.3 is 0 Å². The van der Waals surface area contributed by atoms with Crippen LogP contribution in [0.5, 0.6) is 0 Å². The van der Waals surface area contributed by atoms with Crippen LogP contribution in [0.4, 0.5) is 4.39 Å². The number of rotatable bonds is 3. The molecule has 0 spiro atoms. The molecule has 1 N–H and O–H groups in total. The van der Waals surface area contributed by atoms with Crippen molar-refractivity contribution in [3.63, 3.8) is 0 Å². The second-order valence-electron chi connectivity index (χ2n) is 4.84. The zero-order valence-electron chi connectivity index (χ0n) is 10.8. The van der Waals surface area contributed by atoms with Crippen molar-refractivity contribution in [2.45, 2.75) is 25.8 Å². The summed E-state index contributed by atoms with van der Waals surface area (Å²) in [4.78, 5) is 12.1. The van der Waals surface area contributed by atoms with E-state index < -0.39 is 5.82 Å². The van der Waals surface area contributed by atoms with Gasteiger partial charge in [-0.3, -0.25) is 4.79 Å². The lowest BCUT2D eigenvalue weighted by atomic mass is 9.93. The van der Waals surface area contributed by atoms with E-state index in [9.17, 15) is 9.18 Å². The highest BCUT2D eigenvalue weighted by Gasteiger charge is 2.23. The lowest BCUT2D eigenvalue weighted by Crippen LogP contribution is -2.40. The van der Waals surface area contributed by atoms with E-state index in [1.54, 1.807) is 6.07 Å². The van der Waals surface area contributed by atoms with Gasteiger partial charge in [-0.05, 0) is 59.8 Å². The fourth-order valence-electron chi connectivity index (χ4n) is 2.29. The monoisotopic (exact) mass is 329 g/mol. The molecule has 1 saturated heterocycles. The number of hydrogen-bond acceptors (Lipinski definition) is 2. The Bertz CT molecular complexity index is 461. The highest BCUT2D eigenvalue weighted by atomic mass is 79.9. The average Bonchev–Trinajstić information content (AvgIpc) is 2.42. The summed E-state index contributed by atoms with van der Waals surface area (Å²) in [5.41, 5.74) is 0.332. The molecule has 1 atom stereocenters. The minimum absolute atomic E-state index is 0.0616. The van der Waals surface area contributed by atoms with Crippen molar-refractivity contribution in [3.05, 3.63) is 34.1 Å². The molecule has 0 saturated carbocycles. The van der Waals surface area contributed by atoms with Gasteiger partial charge in [-0.15, -0.1) is 0 Å². The first kappa shape index (κ1) is 14.5. The van der Waals surface area contributed by atoms with E-state index in [1.165, 1.54) is 12.1 Å². The molecule has 1 heterocycles. The molecule has 5 heteroatoms. The number of nitrogens with one attached hydrogen (secondary N) is 1. The third-order valence-electron chi connectivity index (χ3n) is 3.50. The van der Waals surface area contributed by atoms with E-state index in [2.05, 4.69) is 21.2 Å². The molecule has 19 heavy (non-hydrogen) atoms. The SMILES string of the molecule is CC(NC(=O)c1cc(F)ccc1Br)C1CCOCC1. The van der Waals surface area contributed by atoms with E-state index in [0.717, 1.165) is 26.1 Å². The summed E-state index contributed by atoms with van der Waals surface area (Å²) in [5, 5.41) is 2.94. The molecular formula is C14H17BrFNO2. The van der Waals surface area contributed by atoms with E-state index in [-0.39, 0.29) is 11.9 Å². The molecule has 0 aliphatic carbocycles. The maximum atomic E-state index is 13.2. The maximum Gasteiger partial charge on any atom is 0.252 e. The van der Waals surface area contributed by atoms with Crippen molar-refractivity contribution in [3.8, 4) is 0 Å². The van der Waals surface area contributed by atoms with Crippen molar-refractivity contribution in [2.75, 3.05) is 13.2 Å². The zero-order valence-corrected chi connectivity index (χ0v) is 12.4. The summed E-state index contributed by atoms with van der Waals surface area (Å²) in [6.45, 7) is 3.48. The van der Waals surface area contributed by atoms with E-state index in [0.29, 0.717) is 16.0 Å². The van der Waals surface area contributed by atoms with Crippen LogP contribution in [0.3, 0.4) is 0 Å². The van der Waals surface area contributed by atoms with Crippen LogP contribution in [-0.4, -0.2) is 25.2 Å². The highest BCUT2D eigenvalue weighted by Crippen LogP contribution is 2.21. The normalized spacial score (nSPS) is 18.1. The summed E-state index contributed by atoms with van der Waals surface area (Å²) in [6.07, 6.45) is 1.90. The number of amides is 1. The van der Waals surface area contributed by atoms with Crippen LogP contribution in [-0.2, 0) is 4.74 Å². The van der Waals surface area contributed by atoms with E-state index >= 15 is 0 Å². The summed E-state index contributed by atoms with van der Waals surface area (Å²) in [5.74, 6) is -0.234. The van der Waals surface area contributed by atoms with Crippen molar-refractivity contribution in [2.24, 2.45) is 5.92 Å². The molecule has 2 rings (SSSR count). The summed E-state index contributed by atoms with van der Waals surface area (Å²) in [6, 6.07) is 4.17. The summed E-state index contributed by atoms with van der Waals surface area (Å²) >= 11 is 3.27. The van der Waals surface area contributed by atoms with E-state index in [4.69, 9.17) is 4.74 Å². The Kier molecular flexibility index (Phi) is 4.93. The predicted molar refractivity (Wildman–Crippen MR) is 74.6 cm³/mol. The number of carbonyl (C=O) groups is 1. The first-order valence-electron chi connectivity index (χ1n) is 6.41. The van der Waals surface area contributed by atoms with Gasteiger partial charge in [-0.2, -0.15) is 0 Å². The van der Waals surface area contributed by atoms with E-state index in [1.807, 2.05) is 6.92 Å². The molecular weight excluding hydrogens is 313 g/mol. The van der Waals surface area contributed by atoms with Gasteiger partial charge in [0.2, 0.25) is 0 Å². The van der Waals surface area contributed by atoms with Crippen molar-refractivity contribution in [1.82, 2.24) is 5.32 Å². The molecule has 1 aliphatic heterocycles. The van der Waals surface area contributed by atoms with Crippen molar-refractivity contribution < 1.29 is 13.9 Å². The fourth-order valence-corrected chi connectivity index (χ4v) is 2.72. The third kappa shape index (κ3) is 3.76. The Balaban J connectivity index is 2.01. The third-order valence-corrected chi connectivity index (χ3v) is 4.20. The fraction of sp³-hybridized carbons (Fsp3) is 0.500. The number of hydrogen-bond donors (Lipinski definition) is 1. The minimum atomic E-state index is -0.410. The Morgan fingerprint density at radius 2 is 2.16 bits per heavy atom. The molecule has 104 valence electrons. The van der Waals surface area contributed by atoms with Gasteiger partial charge < -0.3 is 10.1 Å². The van der Waals surface area contributed by atoms with Gasteiger partial charge in [0.05, 0.1) is 5.56 Å². The Labute approximate surface area is 120 Å². The second kappa shape index (κ2) is 6.48. The smallest absolute Gasteiger partial charge is 0.252 e. The Hall–Kier alpha value is -0.940. The lowest BCUT2D eigenvalue weighted by molar-refractivity contribution is 0.0538. The largest absolute Gasteiger partial charge is 0.381 e. The minimum Gasteiger partial charge on any atom is -0.381 e. The van der Waals surface area contributed by atoms with Crippen LogP contribution < -0.4 is 5.32 Å². The van der Waals surface area contributed by atoms with Crippen molar-refractivity contribution in [1.29, 1.82) is 0 Å². The van der Waals surface area contributed by atoms with Crippen LogP contribution in [0.1, 0.15) is 30.1 Å². The van der Waals surface area contributed by atoms with Gasteiger partial charge in [0.15, 0.2) is 0 Å². The van der Waals surface area contributed by atoms with Crippen LogP contribution in [0, 0.1) is 11.7 Å². The standard InChI is InChI=1S/C14H17BrFNO2/c1-9(10-4-6-19-7-5-10)17-14(18)12-8-11(16)2-3-13(12)15/h2-3,8-10H,4-7H2,1H3,(H,17,18). The highest BCUT2D eigenvalue weighted by molar-refractivity contribution is 9.10. The van der Waals surface area contributed by atoms with Gasteiger partial charge in [0, 0.05) is 23.7 Å². The first-order valence-corrected chi connectivity index (χ1v) is 7.21. The Morgan fingerprint density at radius 1 is 1.47 bits per heavy atom. The lowest BCUT2D eigenvalue weighted by Gasteiger charge is -2.28. The molecule has 0 bridgehead atoms. The molecule has 0 aromatic heterocycles. The number of halogens is 2. The number of carbonyl (C=O) groups excluding carboxylic acids is 1. The summed E-state index contributed by atoms with van der Waals surface area (Å²) in [7, 11) is 0. The molecule has 1 fully saturated rings. The zero-order chi connectivity index (χ0) is 13.8. The summed E-state index contributed by atoms with van der Waals surface area (Å²) < 4.78 is 19.1. The van der Waals surface area contributed by atoms with Gasteiger partial charge in [-0.25, -0.2) is 4.39 Å². The molecule has 0 radical (unpaired) electrons. The predicted octanol–water partition coefficient (Wildman–Crippen LogP) is 3.13. The average molecular weight is 330 g/mol. The topological polar surface area (TPSA) is 38.3 Å². The van der Waals surface area contributed by atoms with Crippen LogP contribution in [0.2, 0.25) is 0 Å². The number of ether oxygens (including phenoxy) is 1. The van der Waals surface area contributed by atoms with Crippen LogP contribution in [0.25, 0.3) is 0 Å². The van der Waals surface area contributed by atoms with Gasteiger partial charge in [0.25, 0.3) is 5.91 Å². The van der Waals surface area contributed by atoms with Gasteiger partial charge in [0.1, 0.15) is 5.82 Å². The first-order chi connectivity index (χ1) is 9.08. The van der Waals surface area contributed by atoms with Crippen molar-refractivity contribution >= 4 is 21.8 Å². The van der Waals surface area contributed by atoms with Gasteiger partial charge in [-0.1, -0.05) is 0 Å². The van der Waals surface area contributed by atoms with Crippen LogP contribution in [0.15, 0.2) is 22.7 Å². The molecule has 1 unspecified atom stereocenters. The molecule has 1 aromatic carbocycles. The quantitative estimate of drug-likeness (QED) is 0.925. The molecule has 1 amide bonds. The van der Waals surface area contributed by atoms with Crippen LogP contribution >= 0.6 is 15.9 Å². The maximum absolute atomic E-state index is 13.2.